The Hall–Kier alpha value is -3.93. The van der Waals surface area contributed by atoms with Crippen molar-refractivity contribution in [3.8, 4) is 5.75 Å². The maximum absolute atomic E-state index is 13.2. The third-order valence-corrected chi connectivity index (χ3v) is 6.06. The van der Waals surface area contributed by atoms with Gasteiger partial charge < -0.3 is 14.7 Å². The number of ether oxygens (including phenoxy) is 1. The Bertz CT molecular complexity index is 1170. The molecule has 0 spiro atoms. The van der Waals surface area contributed by atoms with Crippen LogP contribution >= 0.6 is 0 Å². The second-order valence-corrected chi connectivity index (χ2v) is 8.40. The average Bonchev–Trinajstić information content (AvgIpc) is 3.13. The highest BCUT2D eigenvalue weighted by Crippen LogP contribution is 2.38. The van der Waals surface area contributed by atoms with Crippen LogP contribution in [0.2, 0.25) is 0 Å². The second-order valence-electron chi connectivity index (χ2n) is 8.40. The number of aromatic nitrogens is 1. The number of hydrogen-bond acceptors (Lipinski definition) is 5. The molecule has 2 aromatic carbocycles. The highest BCUT2D eigenvalue weighted by Gasteiger charge is 2.47. The number of carbonyl (C=O) groups excluding carboxylic acids is 2. The molecular formula is C28H28N2O4. The van der Waals surface area contributed by atoms with E-state index < -0.39 is 17.7 Å². The van der Waals surface area contributed by atoms with E-state index in [0.29, 0.717) is 17.9 Å². The zero-order chi connectivity index (χ0) is 24.1. The summed E-state index contributed by atoms with van der Waals surface area (Å²) in [5.74, 6) is -1.02. The summed E-state index contributed by atoms with van der Waals surface area (Å²) in [4.78, 5) is 32.1. The molecular weight excluding hydrogens is 428 g/mol. The Kier molecular flexibility index (Phi) is 7.07. The Morgan fingerprint density at radius 2 is 1.79 bits per heavy atom. The highest BCUT2D eigenvalue weighted by atomic mass is 16.5. The lowest BCUT2D eigenvalue weighted by atomic mass is 9.87. The van der Waals surface area contributed by atoms with Gasteiger partial charge in [-0.15, -0.1) is 0 Å². The zero-order valence-corrected chi connectivity index (χ0v) is 19.3. The van der Waals surface area contributed by atoms with Gasteiger partial charge >= 0.3 is 0 Å². The van der Waals surface area contributed by atoms with Crippen LogP contribution in [0.5, 0.6) is 5.75 Å². The monoisotopic (exact) mass is 456 g/mol. The van der Waals surface area contributed by atoms with E-state index in [9.17, 15) is 14.7 Å². The number of likely N-dealkylation sites (tertiary alicyclic amines) is 1. The van der Waals surface area contributed by atoms with Crippen molar-refractivity contribution in [1.82, 2.24) is 9.88 Å². The first-order chi connectivity index (χ1) is 16.5. The molecule has 0 saturated carbocycles. The Morgan fingerprint density at radius 3 is 2.44 bits per heavy atom. The van der Waals surface area contributed by atoms with Crippen LogP contribution in [0.4, 0.5) is 0 Å². The van der Waals surface area contributed by atoms with Crippen LogP contribution in [0.25, 0.3) is 5.76 Å². The number of benzene rings is 2. The predicted molar refractivity (Wildman–Crippen MR) is 130 cm³/mol. The first-order valence-corrected chi connectivity index (χ1v) is 11.5. The summed E-state index contributed by atoms with van der Waals surface area (Å²) in [7, 11) is 0. The van der Waals surface area contributed by atoms with Gasteiger partial charge in [0.2, 0.25) is 0 Å². The highest BCUT2D eigenvalue weighted by molar-refractivity contribution is 6.46. The molecule has 1 aliphatic heterocycles. The average molecular weight is 457 g/mol. The summed E-state index contributed by atoms with van der Waals surface area (Å²) in [6.45, 7) is 4.82. The van der Waals surface area contributed by atoms with Gasteiger partial charge in [-0.1, -0.05) is 50.2 Å². The van der Waals surface area contributed by atoms with Crippen molar-refractivity contribution in [2.75, 3.05) is 6.61 Å². The third kappa shape index (κ3) is 4.71. The molecule has 1 aromatic heterocycles. The SMILES string of the molecule is CCCOc1ccc(/C(O)=C2\C(=O)C(=O)N(Cc3cccnc3)C2C(C)c2ccccc2)cc1. The number of carbonyl (C=O) groups is 2. The van der Waals surface area contributed by atoms with Crippen molar-refractivity contribution in [1.29, 1.82) is 0 Å². The normalized spacial score (nSPS) is 18.2. The molecule has 4 rings (SSSR count). The number of hydrogen-bond donors (Lipinski definition) is 1. The van der Waals surface area contributed by atoms with Gasteiger partial charge in [-0.2, -0.15) is 0 Å². The molecule has 0 aliphatic carbocycles. The van der Waals surface area contributed by atoms with Gasteiger partial charge in [-0.25, -0.2) is 0 Å². The predicted octanol–water partition coefficient (Wildman–Crippen LogP) is 4.92. The second kappa shape index (κ2) is 10.3. The van der Waals surface area contributed by atoms with Crippen molar-refractivity contribution < 1.29 is 19.4 Å². The number of aliphatic hydroxyl groups is 1. The smallest absolute Gasteiger partial charge is 0.295 e. The molecule has 1 amide bonds. The molecule has 1 N–H and O–H groups in total. The molecule has 3 aromatic rings. The standard InChI is InChI=1S/C28H28N2O4/c1-3-16-34-23-13-11-22(12-14-23)26(31)24-25(19(2)21-9-5-4-6-10-21)30(28(33)27(24)32)18-20-8-7-15-29-17-20/h4-15,17,19,25,31H,3,16,18H2,1-2H3/b26-24+. The van der Waals surface area contributed by atoms with Gasteiger partial charge in [0.25, 0.3) is 11.7 Å². The molecule has 6 heteroatoms. The van der Waals surface area contributed by atoms with Crippen molar-refractivity contribution in [2.45, 2.75) is 38.8 Å². The summed E-state index contributed by atoms with van der Waals surface area (Å²) in [5, 5.41) is 11.3. The number of Topliss-reactive ketones (excluding diaryl/α,β-unsaturated/α-hetero) is 1. The lowest BCUT2D eigenvalue weighted by Crippen LogP contribution is -2.37. The van der Waals surface area contributed by atoms with Crippen LogP contribution in [0.15, 0.2) is 84.7 Å². The van der Waals surface area contributed by atoms with Gasteiger partial charge in [-0.05, 0) is 47.9 Å². The number of pyridine rings is 1. The fraction of sp³-hybridized carbons (Fsp3) is 0.250. The molecule has 0 bridgehead atoms. The van der Waals surface area contributed by atoms with E-state index in [1.165, 1.54) is 0 Å². The number of ketones is 1. The van der Waals surface area contributed by atoms with Gasteiger partial charge in [0, 0.05) is 30.4 Å². The quantitative estimate of drug-likeness (QED) is 0.296. The minimum atomic E-state index is -0.680. The molecule has 0 radical (unpaired) electrons. The van der Waals surface area contributed by atoms with E-state index >= 15 is 0 Å². The molecule has 1 aliphatic rings. The number of rotatable bonds is 8. The molecule has 2 atom stereocenters. The van der Waals surface area contributed by atoms with Crippen LogP contribution in [0.3, 0.4) is 0 Å². The summed E-state index contributed by atoms with van der Waals surface area (Å²) in [6.07, 6.45) is 4.23. The molecule has 34 heavy (non-hydrogen) atoms. The van der Waals surface area contributed by atoms with Gasteiger partial charge in [-0.3, -0.25) is 14.6 Å². The van der Waals surface area contributed by atoms with Gasteiger partial charge in [0.15, 0.2) is 0 Å². The topological polar surface area (TPSA) is 79.7 Å². The maximum Gasteiger partial charge on any atom is 0.295 e. The van der Waals surface area contributed by atoms with Crippen LogP contribution in [-0.2, 0) is 16.1 Å². The Labute approximate surface area is 199 Å². The number of amides is 1. The molecule has 2 unspecified atom stereocenters. The van der Waals surface area contributed by atoms with E-state index in [0.717, 1.165) is 17.5 Å². The summed E-state index contributed by atoms with van der Waals surface area (Å²) in [6, 6.07) is 19.7. The lowest BCUT2D eigenvalue weighted by Gasteiger charge is -2.30. The first kappa shape index (κ1) is 23.2. The van der Waals surface area contributed by atoms with Gasteiger partial charge in [0.05, 0.1) is 18.2 Å². The molecule has 174 valence electrons. The van der Waals surface area contributed by atoms with Crippen molar-refractivity contribution in [3.63, 3.8) is 0 Å². The van der Waals surface area contributed by atoms with E-state index in [-0.39, 0.29) is 23.8 Å². The van der Waals surface area contributed by atoms with Crippen LogP contribution < -0.4 is 4.74 Å². The summed E-state index contributed by atoms with van der Waals surface area (Å²) >= 11 is 0. The van der Waals surface area contributed by atoms with E-state index in [1.807, 2.05) is 50.2 Å². The molecule has 6 nitrogen and oxygen atoms in total. The Balaban J connectivity index is 1.77. The van der Waals surface area contributed by atoms with Crippen LogP contribution in [0, 0.1) is 0 Å². The molecule has 2 heterocycles. The zero-order valence-electron chi connectivity index (χ0n) is 19.3. The summed E-state index contributed by atoms with van der Waals surface area (Å²) < 4.78 is 5.62. The van der Waals surface area contributed by atoms with Crippen LogP contribution in [-0.4, -0.2) is 39.3 Å². The van der Waals surface area contributed by atoms with E-state index in [2.05, 4.69) is 4.98 Å². The molecule has 1 saturated heterocycles. The number of aliphatic hydroxyl groups excluding tert-OH is 1. The van der Waals surface area contributed by atoms with Crippen LogP contribution in [0.1, 0.15) is 42.9 Å². The fourth-order valence-electron chi connectivity index (χ4n) is 4.31. The fourth-order valence-corrected chi connectivity index (χ4v) is 4.31. The van der Waals surface area contributed by atoms with Crippen molar-refractivity contribution in [2.24, 2.45) is 0 Å². The maximum atomic E-state index is 13.2. The lowest BCUT2D eigenvalue weighted by molar-refractivity contribution is -0.140. The van der Waals surface area contributed by atoms with E-state index in [1.54, 1.807) is 47.6 Å². The summed E-state index contributed by atoms with van der Waals surface area (Å²) in [5.41, 5.74) is 2.37. The Morgan fingerprint density at radius 1 is 1.06 bits per heavy atom. The third-order valence-electron chi connectivity index (χ3n) is 6.06. The first-order valence-electron chi connectivity index (χ1n) is 11.5. The van der Waals surface area contributed by atoms with Crippen molar-refractivity contribution in [3.05, 3.63) is 101 Å². The van der Waals surface area contributed by atoms with Gasteiger partial charge in [0.1, 0.15) is 11.5 Å². The van der Waals surface area contributed by atoms with E-state index in [4.69, 9.17) is 4.74 Å². The number of nitrogens with zero attached hydrogens (tertiary/aromatic N) is 2. The molecule has 1 fully saturated rings. The minimum absolute atomic E-state index is 0.118. The largest absolute Gasteiger partial charge is 0.507 e. The minimum Gasteiger partial charge on any atom is -0.507 e. The van der Waals surface area contributed by atoms with Crippen molar-refractivity contribution >= 4 is 17.4 Å².